The van der Waals surface area contributed by atoms with Gasteiger partial charge < -0.3 is 5.32 Å². The summed E-state index contributed by atoms with van der Waals surface area (Å²) in [6.07, 6.45) is 3.43. The van der Waals surface area contributed by atoms with Crippen molar-refractivity contribution in [3.63, 3.8) is 0 Å². The summed E-state index contributed by atoms with van der Waals surface area (Å²) in [6, 6.07) is 2.87. The summed E-state index contributed by atoms with van der Waals surface area (Å²) in [5.41, 5.74) is 1.44. The first-order valence-electron chi connectivity index (χ1n) is 4.73. The Hall–Kier alpha value is -0.0500. The Morgan fingerprint density at radius 1 is 1.54 bits per heavy atom. The van der Waals surface area contributed by atoms with Crippen molar-refractivity contribution in [2.24, 2.45) is 0 Å². The third kappa shape index (κ3) is 2.70. The molecule has 1 nitrogen and oxygen atoms in total. The molecule has 0 bridgehead atoms. The van der Waals surface area contributed by atoms with Gasteiger partial charge in [0.15, 0.2) is 0 Å². The number of alkyl halides is 1. The van der Waals surface area contributed by atoms with Gasteiger partial charge in [-0.15, -0.1) is 11.6 Å². The van der Waals surface area contributed by atoms with Crippen LogP contribution in [-0.4, -0.2) is 18.0 Å². The van der Waals surface area contributed by atoms with Gasteiger partial charge in [-0.3, -0.25) is 0 Å². The van der Waals surface area contributed by atoms with Gasteiger partial charge >= 0.3 is 0 Å². The van der Waals surface area contributed by atoms with Crippen LogP contribution in [0.2, 0.25) is 0 Å². The molecule has 1 aromatic heterocycles. The van der Waals surface area contributed by atoms with Crippen molar-refractivity contribution >= 4 is 22.9 Å². The van der Waals surface area contributed by atoms with E-state index < -0.39 is 0 Å². The highest BCUT2D eigenvalue weighted by molar-refractivity contribution is 7.07. The summed E-state index contributed by atoms with van der Waals surface area (Å²) < 4.78 is 0. The fourth-order valence-corrected chi connectivity index (χ4v) is 2.70. The molecule has 0 aromatic carbocycles. The molecule has 1 heterocycles. The zero-order valence-corrected chi connectivity index (χ0v) is 9.07. The molecule has 1 fully saturated rings. The standard InChI is InChI=1S/C10H14ClNS/c11-9-5-10(6-9)12-3-1-8-2-4-13-7-8/h2,4,7,9-10,12H,1,3,5-6H2. The van der Waals surface area contributed by atoms with Crippen LogP contribution in [0.3, 0.4) is 0 Å². The molecular formula is C10H14ClNS. The zero-order chi connectivity index (χ0) is 9.10. The van der Waals surface area contributed by atoms with Gasteiger partial charge in [0.05, 0.1) is 0 Å². The molecular weight excluding hydrogens is 202 g/mol. The summed E-state index contributed by atoms with van der Waals surface area (Å²) in [5, 5.41) is 8.28. The van der Waals surface area contributed by atoms with Gasteiger partial charge in [0.1, 0.15) is 0 Å². The second-order valence-corrected chi connectivity index (χ2v) is 5.00. The second kappa shape index (κ2) is 4.45. The van der Waals surface area contributed by atoms with Gasteiger partial charge in [0.25, 0.3) is 0 Å². The van der Waals surface area contributed by atoms with Crippen molar-refractivity contribution in [1.82, 2.24) is 5.32 Å². The van der Waals surface area contributed by atoms with Crippen LogP contribution in [-0.2, 0) is 6.42 Å². The normalized spacial score (nSPS) is 27.2. The SMILES string of the molecule is ClC1CC(NCCc2ccsc2)C1. The molecule has 0 aliphatic heterocycles. The maximum Gasteiger partial charge on any atom is 0.0365 e. The number of halogens is 1. The monoisotopic (exact) mass is 215 g/mol. The Morgan fingerprint density at radius 3 is 3.00 bits per heavy atom. The highest BCUT2D eigenvalue weighted by Crippen LogP contribution is 2.25. The first-order valence-corrected chi connectivity index (χ1v) is 6.11. The molecule has 0 saturated heterocycles. The van der Waals surface area contributed by atoms with E-state index in [-0.39, 0.29) is 0 Å². The fraction of sp³-hybridized carbons (Fsp3) is 0.600. The summed E-state index contributed by atoms with van der Waals surface area (Å²) >= 11 is 7.65. The van der Waals surface area contributed by atoms with E-state index in [1.54, 1.807) is 11.3 Å². The van der Waals surface area contributed by atoms with Crippen molar-refractivity contribution in [1.29, 1.82) is 0 Å². The molecule has 0 unspecified atom stereocenters. The van der Waals surface area contributed by atoms with Crippen LogP contribution in [0.25, 0.3) is 0 Å². The van der Waals surface area contributed by atoms with Crippen molar-refractivity contribution in [3.05, 3.63) is 22.4 Å². The van der Waals surface area contributed by atoms with Gasteiger partial charge in [-0.1, -0.05) is 0 Å². The molecule has 1 aliphatic carbocycles. The molecule has 0 atom stereocenters. The first kappa shape index (κ1) is 9.50. The summed E-state index contributed by atoms with van der Waals surface area (Å²) in [5.74, 6) is 0. The largest absolute Gasteiger partial charge is 0.314 e. The summed E-state index contributed by atoms with van der Waals surface area (Å²) in [6.45, 7) is 1.09. The molecule has 1 saturated carbocycles. The van der Waals surface area contributed by atoms with E-state index in [0.717, 1.165) is 25.8 Å². The highest BCUT2D eigenvalue weighted by atomic mass is 35.5. The molecule has 13 heavy (non-hydrogen) atoms. The molecule has 1 aliphatic rings. The van der Waals surface area contributed by atoms with E-state index in [1.807, 2.05) is 0 Å². The van der Waals surface area contributed by atoms with E-state index in [2.05, 4.69) is 22.1 Å². The van der Waals surface area contributed by atoms with Crippen LogP contribution in [0.1, 0.15) is 18.4 Å². The van der Waals surface area contributed by atoms with Crippen molar-refractivity contribution in [2.75, 3.05) is 6.54 Å². The number of thiophene rings is 1. The molecule has 0 radical (unpaired) electrons. The number of rotatable bonds is 4. The zero-order valence-electron chi connectivity index (χ0n) is 7.50. The molecule has 2 rings (SSSR count). The van der Waals surface area contributed by atoms with Gasteiger partial charge in [-0.2, -0.15) is 11.3 Å². The lowest BCUT2D eigenvalue weighted by atomic mass is 9.92. The highest BCUT2D eigenvalue weighted by Gasteiger charge is 2.25. The third-order valence-corrected chi connectivity index (χ3v) is 3.60. The Morgan fingerprint density at radius 2 is 2.38 bits per heavy atom. The Balaban J connectivity index is 1.59. The minimum atomic E-state index is 0.429. The van der Waals surface area contributed by atoms with Crippen molar-refractivity contribution in [3.8, 4) is 0 Å². The van der Waals surface area contributed by atoms with Crippen molar-refractivity contribution in [2.45, 2.75) is 30.7 Å². The van der Waals surface area contributed by atoms with E-state index in [1.165, 1.54) is 5.56 Å². The van der Waals surface area contributed by atoms with Gasteiger partial charge in [0, 0.05) is 11.4 Å². The number of hydrogen-bond acceptors (Lipinski definition) is 2. The van der Waals surface area contributed by atoms with Gasteiger partial charge in [0.2, 0.25) is 0 Å². The molecule has 0 amide bonds. The molecule has 0 spiro atoms. The minimum absolute atomic E-state index is 0.429. The molecule has 1 aromatic rings. The average Bonchev–Trinajstić information content (AvgIpc) is 2.53. The van der Waals surface area contributed by atoms with E-state index in [0.29, 0.717) is 11.4 Å². The van der Waals surface area contributed by atoms with Gasteiger partial charge in [-0.25, -0.2) is 0 Å². The summed E-state index contributed by atoms with van der Waals surface area (Å²) in [7, 11) is 0. The first-order chi connectivity index (χ1) is 6.34. The Bertz CT molecular complexity index is 241. The maximum atomic E-state index is 5.88. The van der Waals surface area contributed by atoms with E-state index >= 15 is 0 Å². The van der Waals surface area contributed by atoms with Crippen LogP contribution in [0, 0.1) is 0 Å². The lowest BCUT2D eigenvalue weighted by Gasteiger charge is -2.31. The summed E-state index contributed by atoms with van der Waals surface area (Å²) in [4.78, 5) is 0. The smallest absolute Gasteiger partial charge is 0.0365 e. The predicted molar refractivity (Wildman–Crippen MR) is 58.7 cm³/mol. The fourth-order valence-electron chi connectivity index (χ4n) is 1.57. The van der Waals surface area contributed by atoms with Gasteiger partial charge in [-0.05, 0) is 48.2 Å². The maximum absolute atomic E-state index is 5.88. The molecule has 72 valence electrons. The van der Waals surface area contributed by atoms with E-state index in [4.69, 9.17) is 11.6 Å². The Kier molecular flexibility index (Phi) is 3.25. The average molecular weight is 216 g/mol. The topological polar surface area (TPSA) is 12.0 Å². The van der Waals surface area contributed by atoms with E-state index in [9.17, 15) is 0 Å². The Labute approximate surface area is 88.1 Å². The minimum Gasteiger partial charge on any atom is -0.314 e. The lowest BCUT2D eigenvalue weighted by Crippen LogP contribution is -2.42. The third-order valence-electron chi connectivity index (χ3n) is 2.51. The predicted octanol–water partition coefficient (Wildman–Crippen LogP) is 2.65. The van der Waals surface area contributed by atoms with Crippen LogP contribution in [0.5, 0.6) is 0 Å². The molecule has 3 heteroatoms. The number of nitrogens with one attached hydrogen (secondary N) is 1. The van der Waals surface area contributed by atoms with Crippen LogP contribution < -0.4 is 5.32 Å². The van der Waals surface area contributed by atoms with Crippen molar-refractivity contribution < 1.29 is 0 Å². The number of hydrogen-bond donors (Lipinski definition) is 1. The lowest BCUT2D eigenvalue weighted by molar-refractivity contribution is 0.349. The van der Waals surface area contributed by atoms with Crippen LogP contribution >= 0.6 is 22.9 Å². The van der Waals surface area contributed by atoms with Crippen LogP contribution in [0.15, 0.2) is 16.8 Å². The quantitative estimate of drug-likeness (QED) is 0.762. The van der Waals surface area contributed by atoms with Crippen LogP contribution in [0.4, 0.5) is 0 Å². The molecule has 1 N–H and O–H groups in total. The second-order valence-electron chi connectivity index (χ2n) is 3.60.